The monoisotopic (exact) mass is 188 g/mol. The second kappa shape index (κ2) is 12.2. The van der Waals surface area contributed by atoms with Crippen molar-refractivity contribution in [3.05, 3.63) is 0 Å². The first-order valence-corrected chi connectivity index (χ1v) is 3.51. The smallest absolute Gasteiger partial charge is 0.0223 e. The molecule has 0 fully saturated rings. The SMILES string of the molecule is CN(C)CCCCCl.Cl.N. The molecule has 0 aliphatic carbocycles. The maximum absolute atomic E-state index is 5.47. The van der Waals surface area contributed by atoms with Gasteiger partial charge in [-0.15, -0.1) is 24.0 Å². The van der Waals surface area contributed by atoms with E-state index in [1.54, 1.807) is 0 Å². The van der Waals surface area contributed by atoms with Crippen molar-refractivity contribution in [2.24, 2.45) is 0 Å². The van der Waals surface area contributed by atoms with Crippen LogP contribution in [-0.4, -0.2) is 31.4 Å². The minimum absolute atomic E-state index is 0. The summed E-state index contributed by atoms with van der Waals surface area (Å²) in [4.78, 5) is 2.17. The van der Waals surface area contributed by atoms with Gasteiger partial charge in [0.2, 0.25) is 0 Å². The largest absolute Gasteiger partial charge is 0.344 e. The van der Waals surface area contributed by atoms with Gasteiger partial charge in [0, 0.05) is 5.88 Å². The third-order valence-electron chi connectivity index (χ3n) is 0.989. The third kappa shape index (κ3) is 15.8. The first-order valence-electron chi connectivity index (χ1n) is 2.98. The van der Waals surface area contributed by atoms with E-state index in [0.717, 1.165) is 18.8 Å². The lowest BCUT2D eigenvalue weighted by Crippen LogP contribution is -2.12. The average Bonchev–Trinajstić information content (AvgIpc) is 1.66. The maximum Gasteiger partial charge on any atom is 0.0223 e. The van der Waals surface area contributed by atoms with Crippen molar-refractivity contribution in [2.45, 2.75) is 12.8 Å². The average molecular weight is 189 g/mol. The number of hydrogen-bond acceptors (Lipinski definition) is 2. The highest BCUT2D eigenvalue weighted by Gasteiger charge is 1.87. The molecule has 0 aromatic carbocycles. The van der Waals surface area contributed by atoms with Crippen LogP contribution in [0.5, 0.6) is 0 Å². The molecule has 0 amide bonds. The van der Waals surface area contributed by atoms with Gasteiger partial charge >= 0.3 is 0 Å². The molecule has 0 atom stereocenters. The highest BCUT2D eigenvalue weighted by molar-refractivity contribution is 6.17. The predicted molar refractivity (Wildman–Crippen MR) is 50.8 cm³/mol. The molecule has 0 spiro atoms. The second-order valence-corrected chi connectivity index (χ2v) is 2.58. The van der Waals surface area contributed by atoms with E-state index in [2.05, 4.69) is 19.0 Å². The van der Waals surface area contributed by atoms with Gasteiger partial charge in [-0.2, -0.15) is 0 Å². The van der Waals surface area contributed by atoms with Crippen LogP contribution in [0.4, 0.5) is 0 Å². The van der Waals surface area contributed by atoms with Gasteiger partial charge in [0.05, 0.1) is 0 Å². The molecule has 2 nitrogen and oxygen atoms in total. The van der Waals surface area contributed by atoms with E-state index in [9.17, 15) is 0 Å². The van der Waals surface area contributed by atoms with E-state index in [1.165, 1.54) is 6.42 Å². The summed E-state index contributed by atoms with van der Waals surface area (Å²) in [6.45, 7) is 1.16. The predicted octanol–water partition coefficient (Wildman–Crippen LogP) is 2.15. The molecule has 0 saturated carbocycles. The van der Waals surface area contributed by atoms with Crippen molar-refractivity contribution in [1.29, 1.82) is 0 Å². The lowest BCUT2D eigenvalue weighted by Gasteiger charge is -2.06. The fourth-order valence-corrected chi connectivity index (χ4v) is 0.712. The van der Waals surface area contributed by atoms with Crippen molar-refractivity contribution >= 4 is 24.0 Å². The first-order chi connectivity index (χ1) is 3.77. The Morgan fingerprint density at radius 2 is 1.70 bits per heavy atom. The van der Waals surface area contributed by atoms with Gasteiger partial charge in [-0.05, 0) is 33.5 Å². The molecule has 3 N–H and O–H groups in total. The number of halogens is 2. The van der Waals surface area contributed by atoms with Crippen molar-refractivity contribution in [3.63, 3.8) is 0 Å². The summed E-state index contributed by atoms with van der Waals surface area (Å²) in [5, 5.41) is 0. The molecule has 0 unspecified atom stereocenters. The Morgan fingerprint density at radius 1 is 1.20 bits per heavy atom. The molecule has 0 bridgehead atoms. The molecule has 10 heavy (non-hydrogen) atoms. The molecule has 0 rings (SSSR count). The van der Waals surface area contributed by atoms with Crippen LogP contribution in [0.25, 0.3) is 0 Å². The van der Waals surface area contributed by atoms with Crippen LogP contribution in [0.3, 0.4) is 0 Å². The highest BCUT2D eigenvalue weighted by Crippen LogP contribution is 1.91. The minimum atomic E-state index is 0. The zero-order chi connectivity index (χ0) is 6.41. The van der Waals surface area contributed by atoms with Gasteiger partial charge in [0.25, 0.3) is 0 Å². The van der Waals surface area contributed by atoms with Gasteiger partial charge in [0.1, 0.15) is 0 Å². The molecule has 0 aromatic heterocycles. The topological polar surface area (TPSA) is 38.2 Å². The second-order valence-electron chi connectivity index (χ2n) is 2.20. The van der Waals surface area contributed by atoms with Crippen LogP contribution in [0, 0.1) is 0 Å². The zero-order valence-electron chi connectivity index (χ0n) is 6.77. The number of hydrogen-bond donors (Lipinski definition) is 1. The molecular weight excluding hydrogens is 171 g/mol. The molecule has 0 heterocycles. The van der Waals surface area contributed by atoms with E-state index in [4.69, 9.17) is 11.6 Å². The van der Waals surface area contributed by atoms with E-state index in [0.29, 0.717) is 0 Å². The van der Waals surface area contributed by atoms with Crippen molar-refractivity contribution < 1.29 is 0 Å². The number of alkyl halides is 1. The summed E-state index contributed by atoms with van der Waals surface area (Å²) in [6.07, 6.45) is 2.36. The standard InChI is InChI=1S/C6H14ClN.ClH.H3N/c1-8(2)6-4-3-5-7;;/h3-6H2,1-2H3;1H;1H3. The van der Waals surface area contributed by atoms with Crippen LogP contribution in [0.2, 0.25) is 0 Å². The Balaban J connectivity index is -0.000000245. The molecule has 0 radical (unpaired) electrons. The first kappa shape index (κ1) is 16.8. The van der Waals surface area contributed by atoms with Crippen molar-refractivity contribution in [3.8, 4) is 0 Å². The van der Waals surface area contributed by atoms with Crippen LogP contribution in [0.1, 0.15) is 12.8 Å². The summed E-state index contributed by atoms with van der Waals surface area (Å²) in [7, 11) is 4.16. The molecule has 0 aliphatic rings. The lowest BCUT2D eigenvalue weighted by atomic mass is 10.3. The number of rotatable bonds is 4. The van der Waals surface area contributed by atoms with Gasteiger partial charge < -0.3 is 11.1 Å². The summed E-state index contributed by atoms with van der Waals surface area (Å²) < 4.78 is 0. The van der Waals surface area contributed by atoms with E-state index >= 15 is 0 Å². The summed E-state index contributed by atoms with van der Waals surface area (Å²) in [6, 6.07) is 0. The molecule has 4 heteroatoms. The van der Waals surface area contributed by atoms with E-state index in [1.807, 2.05) is 0 Å². The molecule has 66 valence electrons. The fraction of sp³-hybridized carbons (Fsp3) is 1.00. The summed E-state index contributed by atoms with van der Waals surface area (Å²) in [5.74, 6) is 0.799. The van der Waals surface area contributed by atoms with E-state index in [-0.39, 0.29) is 18.6 Å². The Morgan fingerprint density at radius 3 is 2.00 bits per heavy atom. The normalized spacial score (nSPS) is 8.40. The molecule has 0 saturated heterocycles. The summed E-state index contributed by atoms with van der Waals surface area (Å²) in [5.41, 5.74) is 0. The van der Waals surface area contributed by atoms with Gasteiger partial charge in [-0.3, -0.25) is 0 Å². The van der Waals surface area contributed by atoms with Crippen molar-refractivity contribution in [1.82, 2.24) is 11.1 Å². The fourth-order valence-electron chi connectivity index (χ4n) is 0.523. The highest BCUT2D eigenvalue weighted by atomic mass is 35.5. The number of unbranched alkanes of at least 4 members (excludes halogenated alkanes) is 1. The van der Waals surface area contributed by atoms with E-state index < -0.39 is 0 Å². The Kier molecular flexibility index (Phi) is 20.6. The molecular formula is C6H18Cl2N2. The van der Waals surface area contributed by atoms with Crippen LogP contribution in [0.15, 0.2) is 0 Å². The van der Waals surface area contributed by atoms with Gasteiger partial charge in [-0.1, -0.05) is 0 Å². The zero-order valence-corrected chi connectivity index (χ0v) is 8.34. The van der Waals surface area contributed by atoms with Gasteiger partial charge in [-0.25, -0.2) is 0 Å². The Labute approximate surface area is 74.9 Å². The number of nitrogens with zero attached hydrogens (tertiary/aromatic N) is 1. The van der Waals surface area contributed by atoms with Crippen molar-refractivity contribution in [2.75, 3.05) is 26.5 Å². The Hall–Kier alpha value is 0.500. The lowest BCUT2D eigenvalue weighted by molar-refractivity contribution is 0.398. The van der Waals surface area contributed by atoms with Crippen LogP contribution >= 0.6 is 24.0 Å². The van der Waals surface area contributed by atoms with Gasteiger partial charge in [0.15, 0.2) is 0 Å². The third-order valence-corrected chi connectivity index (χ3v) is 1.26. The summed E-state index contributed by atoms with van der Waals surface area (Å²) >= 11 is 5.47. The maximum atomic E-state index is 5.47. The Bertz CT molecular complexity index is 51.0. The van der Waals surface area contributed by atoms with Crippen LogP contribution in [-0.2, 0) is 0 Å². The quantitative estimate of drug-likeness (QED) is 0.543. The minimum Gasteiger partial charge on any atom is -0.344 e. The molecule has 0 aromatic rings. The molecule has 0 aliphatic heterocycles. The van der Waals surface area contributed by atoms with Crippen LogP contribution < -0.4 is 6.15 Å².